The first-order chi connectivity index (χ1) is 11.9. The van der Waals surface area contributed by atoms with E-state index in [0.29, 0.717) is 25.9 Å². The molecule has 7 nitrogen and oxygen atoms in total. The molecule has 0 spiro atoms. The van der Waals surface area contributed by atoms with Crippen LogP contribution in [0, 0.1) is 0 Å². The van der Waals surface area contributed by atoms with Crippen molar-refractivity contribution in [2.45, 2.75) is 25.4 Å². The number of ether oxygens (including phenoxy) is 3. The van der Waals surface area contributed by atoms with E-state index in [-0.39, 0.29) is 0 Å². The number of nitrogens with zero attached hydrogens (tertiary/aromatic N) is 2. The Hall–Kier alpha value is -1.86. The van der Waals surface area contributed by atoms with Crippen molar-refractivity contribution in [1.82, 2.24) is 15.6 Å². The number of aromatic nitrogens is 1. The predicted molar refractivity (Wildman–Crippen MR) is 93.5 cm³/mol. The third-order valence-electron chi connectivity index (χ3n) is 3.61. The summed E-state index contributed by atoms with van der Waals surface area (Å²) in [4.78, 5) is 8.18. The zero-order valence-electron chi connectivity index (χ0n) is 14.4. The second-order valence-corrected chi connectivity index (χ2v) is 5.53. The van der Waals surface area contributed by atoms with Crippen LogP contribution in [-0.4, -0.2) is 63.6 Å². The van der Waals surface area contributed by atoms with E-state index in [9.17, 15) is 0 Å². The molecule has 0 radical (unpaired) electrons. The van der Waals surface area contributed by atoms with Gasteiger partial charge in [-0.1, -0.05) is 0 Å². The molecule has 1 saturated heterocycles. The summed E-state index contributed by atoms with van der Waals surface area (Å²) in [6.07, 6.45) is 6.93. The summed E-state index contributed by atoms with van der Waals surface area (Å²) in [6.45, 7) is 4.35. The summed E-state index contributed by atoms with van der Waals surface area (Å²) in [5.41, 5.74) is 0. The van der Waals surface area contributed by atoms with E-state index in [0.717, 1.165) is 50.7 Å². The van der Waals surface area contributed by atoms with Gasteiger partial charge in [0, 0.05) is 33.0 Å². The van der Waals surface area contributed by atoms with Gasteiger partial charge in [0.2, 0.25) is 0 Å². The van der Waals surface area contributed by atoms with Gasteiger partial charge in [-0.15, -0.1) is 0 Å². The zero-order valence-corrected chi connectivity index (χ0v) is 14.4. The molecule has 0 aromatic carbocycles. The minimum Gasteiger partial charge on any atom is -0.490 e. The fraction of sp³-hybridized carbons (Fsp3) is 0.647. The van der Waals surface area contributed by atoms with Crippen molar-refractivity contribution >= 4 is 5.96 Å². The Morgan fingerprint density at radius 2 is 2.29 bits per heavy atom. The standard InChI is InChI=1S/C17H28N4O3/c1-18-17(21-9-12-24-15-5-2-7-19-13-15)20-8-4-10-22-14-16-6-3-11-23-16/h2,5,7,13,16H,3-4,6,8-12,14H2,1H3,(H2,18,20,21). The molecule has 1 aliphatic rings. The first-order valence-corrected chi connectivity index (χ1v) is 8.55. The molecule has 0 bridgehead atoms. The van der Waals surface area contributed by atoms with Gasteiger partial charge in [-0.25, -0.2) is 0 Å². The van der Waals surface area contributed by atoms with Crippen molar-refractivity contribution in [3.05, 3.63) is 24.5 Å². The van der Waals surface area contributed by atoms with Crippen LogP contribution in [0.4, 0.5) is 0 Å². The molecule has 0 saturated carbocycles. The Morgan fingerprint density at radius 3 is 3.04 bits per heavy atom. The van der Waals surface area contributed by atoms with Crippen molar-refractivity contribution in [2.24, 2.45) is 4.99 Å². The van der Waals surface area contributed by atoms with Crippen molar-refractivity contribution in [3.8, 4) is 5.75 Å². The number of rotatable bonds is 10. The summed E-state index contributed by atoms with van der Waals surface area (Å²) in [5.74, 6) is 1.54. The Kier molecular flexibility index (Phi) is 8.96. The lowest BCUT2D eigenvalue weighted by atomic mass is 10.2. The van der Waals surface area contributed by atoms with Crippen molar-refractivity contribution in [1.29, 1.82) is 0 Å². The molecule has 1 fully saturated rings. The molecule has 2 heterocycles. The average Bonchev–Trinajstić information content (AvgIpc) is 3.14. The van der Waals surface area contributed by atoms with Crippen LogP contribution in [0.5, 0.6) is 5.75 Å². The predicted octanol–water partition coefficient (Wildman–Crippen LogP) is 1.21. The smallest absolute Gasteiger partial charge is 0.191 e. The first-order valence-electron chi connectivity index (χ1n) is 8.55. The summed E-state index contributed by atoms with van der Waals surface area (Å²) >= 11 is 0. The Morgan fingerprint density at radius 1 is 1.38 bits per heavy atom. The monoisotopic (exact) mass is 336 g/mol. The molecule has 2 rings (SSSR count). The summed E-state index contributed by atoms with van der Waals surface area (Å²) in [7, 11) is 1.76. The number of nitrogens with one attached hydrogen (secondary N) is 2. The first kappa shape index (κ1) is 18.5. The summed E-state index contributed by atoms with van der Waals surface area (Å²) in [5, 5.41) is 6.46. The molecule has 1 aliphatic heterocycles. The maximum Gasteiger partial charge on any atom is 0.191 e. The molecule has 1 unspecified atom stereocenters. The van der Waals surface area contributed by atoms with Crippen LogP contribution in [-0.2, 0) is 9.47 Å². The van der Waals surface area contributed by atoms with Gasteiger partial charge in [0.1, 0.15) is 12.4 Å². The van der Waals surface area contributed by atoms with Crippen LogP contribution >= 0.6 is 0 Å². The Bertz CT molecular complexity index is 464. The highest BCUT2D eigenvalue weighted by Crippen LogP contribution is 2.11. The average molecular weight is 336 g/mol. The van der Waals surface area contributed by atoms with E-state index < -0.39 is 0 Å². The van der Waals surface area contributed by atoms with Crippen LogP contribution in [0.15, 0.2) is 29.5 Å². The largest absolute Gasteiger partial charge is 0.490 e. The van der Waals surface area contributed by atoms with Crippen LogP contribution < -0.4 is 15.4 Å². The topological polar surface area (TPSA) is 77.0 Å². The van der Waals surface area contributed by atoms with Gasteiger partial charge in [-0.3, -0.25) is 9.98 Å². The highest BCUT2D eigenvalue weighted by atomic mass is 16.5. The van der Waals surface area contributed by atoms with E-state index >= 15 is 0 Å². The van der Waals surface area contributed by atoms with Gasteiger partial charge in [-0.2, -0.15) is 0 Å². The lowest BCUT2D eigenvalue weighted by molar-refractivity contribution is 0.0168. The minimum absolute atomic E-state index is 0.298. The van der Waals surface area contributed by atoms with Crippen LogP contribution in [0.1, 0.15) is 19.3 Å². The molecule has 1 aromatic heterocycles. The fourth-order valence-corrected chi connectivity index (χ4v) is 2.36. The molecule has 1 atom stereocenters. The fourth-order valence-electron chi connectivity index (χ4n) is 2.36. The highest BCUT2D eigenvalue weighted by Gasteiger charge is 2.14. The Labute approximate surface area is 143 Å². The van der Waals surface area contributed by atoms with Crippen LogP contribution in [0.3, 0.4) is 0 Å². The molecular weight excluding hydrogens is 308 g/mol. The maximum atomic E-state index is 5.63. The normalized spacial score (nSPS) is 17.7. The van der Waals surface area contributed by atoms with Crippen molar-refractivity contribution < 1.29 is 14.2 Å². The maximum absolute atomic E-state index is 5.63. The Balaban J connectivity index is 1.45. The number of hydrogen-bond acceptors (Lipinski definition) is 5. The van der Waals surface area contributed by atoms with Gasteiger partial charge >= 0.3 is 0 Å². The van der Waals surface area contributed by atoms with Gasteiger partial charge in [-0.05, 0) is 31.4 Å². The van der Waals surface area contributed by atoms with E-state index in [1.165, 1.54) is 0 Å². The van der Waals surface area contributed by atoms with Crippen LogP contribution in [0.25, 0.3) is 0 Å². The SMILES string of the molecule is CN=C(NCCCOCC1CCCO1)NCCOc1cccnc1. The second-order valence-electron chi connectivity index (χ2n) is 5.53. The van der Waals surface area contributed by atoms with Gasteiger partial charge < -0.3 is 24.8 Å². The van der Waals surface area contributed by atoms with E-state index in [4.69, 9.17) is 14.2 Å². The van der Waals surface area contributed by atoms with Gasteiger partial charge in [0.05, 0.1) is 25.5 Å². The third kappa shape index (κ3) is 7.61. The quantitative estimate of drug-likeness (QED) is 0.380. The lowest BCUT2D eigenvalue weighted by Gasteiger charge is -2.13. The molecule has 7 heteroatoms. The third-order valence-corrected chi connectivity index (χ3v) is 3.61. The minimum atomic E-state index is 0.298. The van der Waals surface area contributed by atoms with E-state index in [1.807, 2.05) is 12.1 Å². The number of guanidine groups is 1. The molecule has 1 aromatic rings. The second kappa shape index (κ2) is 11.6. The van der Waals surface area contributed by atoms with E-state index in [1.54, 1.807) is 19.4 Å². The molecule has 24 heavy (non-hydrogen) atoms. The molecule has 0 amide bonds. The molecule has 2 N–H and O–H groups in total. The van der Waals surface area contributed by atoms with E-state index in [2.05, 4.69) is 20.6 Å². The molecular formula is C17H28N4O3. The molecule has 134 valence electrons. The number of hydrogen-bond donors (Lipinski definition) is 2. The molecule has 0 aliphatic carbocycles. The summed E-state index contributed by atoms with van der Waals surface area (Å²) in [6, 6.07) is 3.74. The van der Waals surface area contributed by atoms with Crippen molar-refractivity contribution in [3.63, 3.8) is 0 Å². The number of aliphatic imine (C=N–C) groups is 1. The zero-order chi connectivity index (χ0) is 16.9. The van der Waals surface area contributed by atoms with Gasteiger partial charge in [0.15, 0.2) is 5.96 Å². The van der Waals surface area contributed by atoms with Crippen LogP contribution in [0.2, 0.25) is 0 Å². The van der Waals surface area contributed by atoms with Crippen molar-refractivity contribution in [2.75, 3.05) is 46.6 Å². The van der Waals surface area contributed by atoms with Gasteiger partial charge in [0.25, 0.3) is 0 Å². The number of pyridine rings is 1. The highest BCUT2D eigenvalue weighted by molar-refractivity contribution is 5.79. The lowest BCUT2D eigenvalue weighted by Crippen LogP contribution is -2.40. The summed E-state index contributed by atoms with van der Waals surface area (Å²) < 4.78 is 16.7.